The molecule has 1 aliphatic heterocycles. The molecule has 0 saturated carbocycles. The molecule has 0 spiro atoms. The van der Waals surface area contributed by atoms with Gasteiger partial charge in [-0.3, -0.25) is 0 Å². The molecule has 2 aromatic heterocycles. The summed E-state index contributed by atoms with van der Waals surface area (Å²) in [5, 5.41) is 19.3. The fraction of sp³-hybridized carbons (Fsp3) is 0.500. The predicted octanol–water partition coefficient (Wildman–Crippen LogP) is 1.91. The van der Waals surface area contributed by atoms with E-state index in [1.54, 1.807) is 0 Å². The molecule has 3 rings (SSSR count). The van der Waals surface area contributed by atoms with E-state index in [0.717, 1.165) is 47.5 Å². The maximum Gasteiger partial charge on any atom is 0.346 e. The Bertz CT molecular complexity index is 677. The summed E-state index contributed by atoms with van der Waals surface area (Å²) in [5.41, 5.74) is 0.738. The fourth-order valence-corrected chi connectivity index (χ4v) is 3.81. The van der Waals surface area contributed by atoms with Gasteiger partial charge in [0.05, 0.1) is 5.39 Å². The summed E-state index contributed by atoms with van der Waals surface area (Å²) in [6.45, 7) is 3.70. The van der Waals surface area contributed by atoms with Crippen molar-refractivity contribution < 1.29 is 15.0 Å². The molecule has 0 amide bonds. The summed E-state index contributed by atoms with van der Waals surface area (Å²) < 4.78 is 0. The van der Waals surface area contributed by atoms with Crippen LogP contribution in [0.15, 0.2) is 6.33 Å². The summed E-state index contributed by atoms with van der Waals surface area (Å²) in [6, 6.07) is 0. The molecule has 2 N–H and O–H groups in total. The van der Waals surface area contributed by atoms with E-state index in [4.69, 9.17) is 0 Å². The van der Waals surface area contributed by atoms with Crippen LogP contribution in [0.4, 0.5) is 5.82 Å². The van der Waals surface area contributed by atoms with Gasteiger partial charge < -0.3 is 15.1 Å². The molecule has 21 heavy (non-hydrogen) atoms. The van der Waals surface area contributed by atoms with Crippen LogP contribution < -0.4 is 4.90 Å². The van der Waals surface area contributed by atoms with Crippen LogP contribution in [0, 0.1) is 12.8 Å². The van der Waals surface area contributed by atoms with Crippen LogP contribution in [0.2, 0.25) is 0 Å². The minimum Gasteiger partial charge on any atom is -0.477 e. The van der Waals surface area contributed by atoms with Gasteiger partial charge in [-0.15, -0.1) is 11.3 Å². The van der Waals surface area contributed by atoms with E-state index >= 15 is 0 Å². The number of carbonyl (C=O) groups is 1. The number of aromatic carboxylic acids is 1. The van der Waals surface area contributed by atoms with Crippen molar-refractivity contribution in [2.75, 3.05) is 24.6 Å². The zero-order chi connectivity index (χ0) is 15.0. The summed E-state index contributed by atoms with van der Waals surface area (Å²) in [6.07, 6.45) is 3.35. The van der Waals surface area contributed by atoms with Gasteiger partial charge in [0, 0.05) is 19.7 Å². The van der Waals surface area contributed by atoms with Gasteiger partial charge in [-0.25, -0.2) is 14.8 Å². The van der Waals surface area contributed by atoms with Crippen LogP contribution in [-0.2, 0) is 0 Å². The van der Waals surface area contributed by atoms with E-state index in [1.807, 2.05) is 6.92 Å². The second kappa shape index (κ2) is 5.57. The van der Waals surface area contributed by atoms with Gasteiger partial charge in [-0.05, 0) is 31.2 Å². The second-order valence-electron chi connectivity index (χ2n) is 5.35. The van der Waals surface area contributed by atoms with Gasteiger partial charge in [-0.1, -0.05) is 0 Å². The first-order valence-electron chi connectivity index (χ1n) is 6.95. The Hall–Kier alpha value is -1.73. The van der Waals surface area contributed by atoms with Crippen molar-refractivity contribution in [3.8, 4) is 0 Å². The number of rotatable bonds is 3. The molecule has 0 aromatic carbocycles. The molecule has 2 aromatic rings. The molecule has 1 saturated heterocycles. The lowest BCUT2D eigenvalue weighted by atomic mass is 9.97. The fourth-order valence-electron chi connectivity index (χ4n) is 2.82. The first kappa shape index (κ1) is 14.2. The average Bonchev–Trinajstić information content (AvgIpc) is 2.85. The molecular weight excluding hydrogens is 290 g/mol. The highest BCUT2D eigenvalue weighted by Gasteiger charge is 2.24. The highest BCUT2D eigenvalue weighted by molar-refractivity contribution is 7.20. The summed E-state index contributed by atoms with van der Waals surface area (Å²) >= 11 is 1.20. The number of aliphatic hydroxyl groups excluding tert-OH is 1. The number of piperidine rings is 1. The van der Waals surface area contributed by atoms with Crippen molar-refractivity contribution in [3.05, 3.63) is 16.8 Å². The van der Waals surface area contributed by atoms with Gasteiger partial charge in [0.25, 0.3) is 0 Å². The van der Waals surface area contributed by atoms with E-state index < -0.39 is 5.97 Å². The van der Waals surface area contributed by atoms with Crippen molar-refractivity contribution >= 4 is 33.3 Å². The average molecular weight is 307 g/mol. The monoisotopic (exact) mass is 307 g/mol. The van der Waals surface area contributed by atoms with Crippen molar-refractivity contribution in [3.63, 3.8) is 0 Å². The Kier molecular flexibility index (Phi) is 3.77. The number of aliphatic hydroxyl groups is 1. The molecule has 6 nitrogen and oxygen atoms in total. The van der Waals surface area contributed by atoms with Gasteiger partial charge in [0.1, 0.15) is 21.9 Å². The van der Waals surface area contributed by atoms with Gasteiger partial charge in [-0.2, -0.15) is 0 Å². The molecular formula is C14H17N3O3S. The molecule has 0 atom stereocenters. The Labute approximate surface area is 126 Å². The third-order valence-corrected chi connectivity index (χ3v) is 5.26. The number of nitrogens with zero attached hydrogens (tertiary/aromatic N) is 3. The van der Waals surface area contributed by atoms with Crippen LogP contribution in [-0.4, -0.2) is 45.8 Å². The quantitative estimate of drug-likeness (QED) is 0.901. The number of thiophene rings is 1. The molecule has 3 heterocycles. The highest BCUT2D eigenvalue weighted by atomic mass is 32.1. The van der Waals surface area contributed by atoms with Crippen molar-refractivity contribution in [2.45, 2.75) is 19.8 Å². The number of carboxylic acids is 1. The maximum atomic E-state index is 11.3. The molecule has 1 aliphatic rings. The lowest BCUT2D eigenvalue weighted by Gasteiger charge is -2.32. The Morgan fingerprint density at radius 2 is 2.14 bits per heavy atom. The van der Waals surface area contributed by atoms with Gasteiger partial charge >= 0.3 is 5.97 Å². The Morgan fingerprint density at radius 3 is 2.76 bits per heavy atom. The lowest BCUT2D eigenvalue weighted by molar-refractivity contribution is 0.0701. The molecule has 0 bridgehead atoms. The topological polar surface area (TPSA) is 86.5 Å². The van der Waals surface area contributed by atoms with Crippen LogP contribution in [0.25, 0.3) is 10.2 Å². The number of anilines is 1. The molecule has 0 radical (unpaired) electrons. The zero-order valence-corrected chi connectivity index (χ0v) is 12.6. The van der Waals surface area contributed by atoms with E-state index in [-0.39, 0.29) is 6.61 Å². The van der Waals surface area contributed by atoms with Gasteiger partial charge in [0.15, 0.2) is 0 Å². The SMILES string of the molecule is Cc1c(C(=O)O)sc2ncnc(N3CCC(CO)CC3)c12. The van der Waals surface area contributed by atoms with Crippen LogP contribution in [0.1, 0.15) is 28.1 Å². The summed E-state index contributed by atoms with van der Waals surface area (Å²) in [7, 11) is 0. The van der Waals surface area contributed by atoms with Crippen LogP contribution in [0.5, 0.6) is 0 Å². The third kappa shape index (κ3) is 2.47. The number of carboxylic acid groups (broad SMARTS) is 1. The normalized spacial score (nSPS) is 16.6. The molecule has 1 fully saturated rings. The Morgan fingerprint density at radius 1 is 1.43 bits per heavy atom. The van der Waals surface area contributed by atoms with Crippen molar-refractivity contribution in [1.29, 1.82) is 0 Å². The van der Waals surface area contributed by atoms with E-state index in [0.29, 0.717) is 10.8 Å². The van der Waals surface area contributed by atoms with Gasteiger partial charge in [0.2, 0.25) is 0 Å². The lowest BCUT2D eigenvalue weighted by Crippen LogP contribution is -2.35. The third-order valence-electron chi connectivity index (χ3n) is 4.07. The standard InChI is InChI=1S/C14H17N3O3S/c1-8-10-12(17-4-2-9(6-18)3-5-17)15-7-16-13(10)21-11(8)14(19)20/h7,9,18H,2-6H2,1H3,(H,19,20). The zero-order valence-electron chi connectivity index (χ0n) is 11.7. The number of hydrogen-bond acceptors (Lipinski definition) is 6. The highest BCUT2D eigenvalue weighted by Crippen LogP contribution is 2.36. The van der Waals surface area contributed by atoms with E-state index in [9.17, 15) is 15.0 Å². The smallest absolute Gasteiger partial charge is 0.346 e. The first-order chi connectivity index (χ1) is 10.1. The number of aryl methyl sites for hydroxylation is 1. The van der Waals surface area contributed by atoms with Crippen LogP contribution >= 0.6 is 11.3 Å². The molecule has 7 heteroatoms. The summed E-state index contributed by atoms with van der Waals surface area (Å²) in [4.78, 5) is 23.1. The largest absolute Gasteiger partial charge is 0.477 e. The van der Waals surface area contributed by atoms with E-state index in [2.05, 4.69) is 14.9 Å². The minimum absolute atomic E-state index is 0.230. The van der Waals surface area contributed by atoms with E-state index in [1.165, 1.54) is 17.7 Å². The number of hydrogen-bond donors (Lipinski definition) is 2. The maximum absolute atomic E-state index is 11.3. The second-order valence-corrected chi connectivity index (χ2v) is 6.35. The minimum atomic E-state index is -0.916. The van der Waals surface area contributed by atoms with Crippen molar-refractivity contribution in [1.82, 2.24) is 9.97 Å². The molecule has 0 aliphatic carbocycles. The number of aromatic nitrogens is 2. The Balaban J connectivity index is 2.01. The predicted molar refractivity (Wildman–Crippen MR) is 81.1 cm³/mol. The van der Waals surface area contributed by atoms with Crippen LogP contribution in [0.3, 0.4) is 0 Å². The molecule has 0 unspecified atom stereocenters. The van der Waals surface area contributed by atoms with Crippen molar-refractivity contribution in [2.24, 2.45) is 5.92 Å². The molecule has 112 valence electrons. The summed E-state index contributed by atoms with van der Waals surface area (Å²) in [5.74, 6) is 0.259. The number of fused-ring (bicyclic) bond motifs is 1. The first-order valence-corrected chi connectivity index (χ1v) is 7.76.